The minimum atomic E-state index is -5.44. The SMILES string of the molecule is CCCCC[C@H](O)/C=C/C=C\C/C=C\C/C=C\CCCC(=O)O[C@H](COC(=O)CCCCCCCCCCCCCCC(C)C)COP(=O)(O)OP(=O)(O)OC[C@H]1O[C@@H](n2ccc(N)nc2=O)[C@H](O)[C@@H]1O. The first-order valence-corrected chi connectivity index (χ1v) is 28.6. The molecule has 7 N–H and O–H groups in total. The quantitative estimate of drug-likeness (QED) is 0.0117. The summed E-state index contributed by atoms with van der Waals surface area (Å²) in [6.07, 6.45) is 29.6. The van der Waals surface area contributed by atoms with Crippen LogP contribution in [0, 0.1) is 5.92 Å². The number of phosphoric acid groups is 2. The molecule has 1 aromatic rings. The van der Waals surface area contributed by atoms with Crippen molar-refractivity contribution < 1.29 is 71.4 Å². The number of carbonyl (C=O) groups is 2. The molecule has 406 valence electrons. The zero-order valence-corrected chi connectivity index (χ0v) is 44.1. The number of carbonyl (C=O) groups excluding carboxylic acids is 2. The molecule has 1 aliphatic heterocycles. The molecule has 2 rings (SSSR count). The van der Waals surface area contributed by atoms with Gasteiger partial charge in [-0.2, -0.15) is 9.29 Å². The van der Waals surface area contributed by atoms with Gasteiger partial charge in [-0.25, -0.2) is 13.9 Å². The van der Waals surface area contributed by atoms with Gasteiger partial charge in [0.05, 0.1) is 19.3 Å². The summed E-state index contributed by atoms with van der Waals surface area (Å²) < 4.78 is 56.7. The van der Waals surface area contributed by atoms with Crippen LogP contribution in [-0.2, 0) is 46.3 Å². The third kappa shape index (κ3) is 31.1. The summed E-state index contributed by atoms with van der Waals surface area (Å²) in [4.78, 5) is 61.9. The standard InChI is InChI=1S/C50H85N3O16P2/c1-4-5-25-31-41(54)32-27-22-18-14-10-8-12-16-20-24-29-34-46(56)67-42(37-64-45(55)33-28-23-19-15-11-7-6-9-13-17-21-26-30-40(2)3)38-65-70(60,61)69-71(62,63)66-39-43-47(57)48(58)49(68-43)53-36-35-44(51)52-50(53)59/h8,10,16,18,20,22,27,32,35-36,40-43,47-49,54,57-58H,4-7,9,11-15,17,19,21,23-26,28-31,33-34,37-39H2,1-3H3,(H,60,61)(H,62,63)(H2,51,52,59)/b10-8-,20-16-,22-18-,32-27+/t41-,42+,43+,47+,48+,49+/m0/s1. The molecule has 0 spiro atoms. The fourth-order valence-corrected chi connectivity index (χ4v) is 9.53. The van der Waals surface area contributed by atoms with Crippen molar-refractivity contribution in [3.8, 4) is 0 Å². The number of nitrogen functional groups attached to an aromatic ring is 1. The molecular weight excluding hydrogens is 961 g/mol. The van der Waals surface area contributed by atoms with Crippen molar-refractivity contribution in [1.29, 1.82) is 0 Å². The van der Waals surface area contributed by atoms with E-state index >= 15 is 0 Å². The molecule has 0 bridgehead atoms. The van der Waals surface area contributed by atoms with Crippen molar-refractivity contribution in [2.75, 3.05) is 25.6 Å². The third-order valence-electron chi connectivity index (χ3n) is 11.4. The van der Waals surface area contributed by atoms with Gasteiger partial charge >= 0.3 is 33.3 Å². The third-order valence-corrected chi connectivity index (χ3v) is 14.1. The van der Waals surface area contributed by atoms with E-state index in [1.54, 1.807) is 6.08 Å². The van der Waals surface area contributed by atoms with E-state index < -0.39 is 89.8 Å². The van der Waals surface area contributed by atoms with Gasteiger partial charge in [0, 0.05) is 19.0 Å². The minimum absolute atomic E-state index is 0.0459. The number of unbranched alkanes of at least 4 members (excludes halogenated alkanes) is 14. The summed E-state index contributed by atoms with van der Waals surface area (Å²) in [6.45, 7) is 4.28. The van der Waals surface area contributed by atoms with Crippen molar-refractivity contribution >= 4 is 33.4 Å². The Kier molecular flexibility index (Phi) is 33.6. The lowest BCUT2D eigenvalue weighted by Crippen LogP contribution is -2.36. The zero-order valence-electron chi connectivity index (χ0n) is 42.3. The number of aliphatic hydroxyl groups excluding tert-OH is 3. The maximum absolute atomic E-state index is 12.8. The molecule has 1 aliphatic rings. The maximum Gasteiger partial charge on any atom is 0.481 e. The molecule has 0 radical (unpaired) electrons. The predicted molar refractivity (Wildman–Crippen MR) is 272 cm³/mol. The highest BCUT2D eigenvalue weighted by Gasteiger charge is 2.46. The van der Waals surface area contributed by atoms with Crippen molar-refractivity contribution in [1.82, 2.24) is 9.55 Å². The number of aromatic nitrogens is 2. The van der Waals surface area contributed by atoms with Crippen LogP contribution in [0.1, 0.15) is 175 Å². The van der Waals surface area contributed by atoms with Gasteiger partial charge in [-0.15, -0.1) is 0 Å². The zero-order chi connectivity index (χ0) is 52.3. The number of nitrogens with zero attached hydrogens (tertiary/aromatic N) is 2. The fraction of sp³-hybridized carbons (Fsp3) is 0.720. The highest BCUT2D eigenvalue weighted by Crippen LogP contribution is 2.60. The second kappa shape index (κ2) is 37.4. The molecule has 71 heavy (non-hydrogen) atoms. The predicted octanol–water partition coefficient (Wildman–Crippen LogP) is 9.38. The van der Waals surface area contributed by atoms with Crippen LogP contribution in [0.2, 0.25) is 0 Å². The number of hydrogen-bond donors (Lipinski definition) is 6. The lowest BCUT2D eigenvalue weighted by Gasteiger charge is -2.21. The molecular formula is C50H85N3O16P2. The molecule has 21 heteroatoms. The van der Waals surface area contributed by atoms with Crippen LogP contribution in [0.25, 0.3) is 0 Å². The van der Waals surface area contributed by atoms with Gasteiger partial charge < -0.3 is 45.1 Å². The van der Waals surface area contributed by atoms with Gasteiger partial charge in [0.1, 0.15) is 30.7 Å². The number of anilines is 1. The van der Waals surface area contributed by atoms with Crippen LogP contribution in [0.15, 0.2) is 65.7 Å². The summed E-state index contributed by atoms with van der Waals surface area (Å²) in [5.41, 5.74) is 4.58. The highest BCUT2D eigenvalue weighted by molar-refractivity contribution is 7.61. The highest BCUT2D eigenvalue weighted by atomic mass is 31.3. The first kappa shape index (κ1) is 63.8. The molecule has 0 amide bonds. The summed E-state index contributed by atoms with van der Waals surface area (Å²) in [6, 6.07) is 1.24. The van der Waals surface area contributed by atoms with Crippen molar-refractivity contribution in [2.45, 2.75) is 205 Å². The molecule has 0 aliphatic carbocycles. The number of esters is 2. The van der Waals surface area contributed by atoms with E-state index in [0.29, 0.717) is 25.7 Å². The number of ether oxygens (including phenoxy) is 3. The fourth-order valence-electron chi connectivity index (χ4n) is 7.42. The second-order valence-corrected chi connectivity index (χ2v) is 21.4. The van der Waals surface area contributed by atoms with E-state index in [9.17, 15) is 48.6 Å². The van der Waals surface area contributed by atoms with Crippen LogP contribution in [0.4, 0.5) is 5.82 Å². The Hall–Kier alpha value is -3.32. The lowest BCUT2D eigenvalue weighted by atomic mass is 10.0. The monoisotopic (exact) mass is 1050 g/mol. The van der Waals surface area contributed by atoms with Gasteiger partial charge in [0.25, 0.3) is 0 Å². The Morgan fingerprint density at radius 3 is 2.01 bits per heavy atom. The summed E-state index contributed by atoms with van der Waals surface area (Å²) >= 11 is 0. The molecule has 8 atom stereocenters. The average Bonchev–Trinajstić information content (AvgIpc) is 3.59. The van der Waals surface area contributed by atoms with Crippen LogP contribution < -0.4 is 11.4 Å². The maximum atomic E-state index is 12.8. The number of rotatable bonds is 41. The van der Waals surface area contributed by atoms with Gasteiger partial charge in [0.15, 0.2) is 12.3 Å². The van der Waals surface area contributed by atoms with E-state index in [4.69, 9.17) is 29.0 Å². The van der Waals surface area contributed by atoms with Crippen LogP contribution >= 0.6 is 15.6 Å². The topological polar surface area (TPSA) is 286 Å². The molecule has 19 nitrogen and oxygen atoms in total. The summed E-state index contributed by atoms with van der Waals surface area (Å²) in [5, 5.41) is 30.8. The average molecular weight is 1050 g/mol. The Morgan fingerprint density at radius 1 is 0.775 bits per heavy atom. The Balaban J connectivity index is 1.84. The van der Waals surface area contributed by atoms with Crippen LogP contribution in [0.3, 0.4) is 0 Å². The number of aliphatic hydroxyl groups is 3. The minimum Gasteiger partial charge on any atom is -0.462 e. The first-order valence-electron chi connectivity index (χ1n) is 25.6. The van der Waals surface area contributed by atoms with Crippen LogP contribution in [-0.4, -0.2) is 96.9 Å². The van der Waals surface area contributed by atoms with Crippen molar-refractivity contribution in [3.05, 3.63) is 71.4 Å². The number of nitrogens with two attached hydrogens (primary N) is 1. The Morgan fingerprint density at radius 2 is 1.37 bits per heavy atom. The number of phosphoric ester groups is 2. The molecule has 0 saturated carbocycles. The number of allylic oxidation sites excluding steroid dienone is 7. The van der Waals surface area contributed by atoms with E-state index in [-0.39, 0.29) is 18.7 Å². The molecule has 2 heterocycles. The normalized spacial score (nSPS) is 20.1. The Bertz CT molecular complexity index is 1910. The molecule has 1 aromatic heterocycles. The van der Waals surface area contributed by atoms with Crippen molar-refractivity contribution in [2.24, 2.45) is 5.92 Å². The Labute approximate surface area is 421 Å². The largest absolute Gasteiger partial charge is 0.481 e. The first-order chi connectivity index (χ1) is 33.9. The molecule has 0 aromatic carbocycles. The van der Waals surface area contributed by atoms with Gasteiger partial charge in [0.2, 0.25) is 0 Å². The van der Waals surface area contributed by atoms with Gasteiger partial charge in [-0.1, -0.05) is 166 Å². The van der Waals surface area contributed by atoms with E-state index in [0.717, 1.165) is 74.5 Å². The van der Waals surface area contributed by atoms with E-state index in [1.807, 2.05) is 42.5 Å². The molecule has 2 unspecified atom stereocenters. The molecule has 1 saturated heterocycles. The van der Waals surface area contributed by atoms with E-state index in [1.165, 1.54) is 57.4 Å². The molecule has 1 fully saturated rings. The van der Waals surface area contributed by atoms with Gasteiger partial charge in [-0.3, -0.25) is 23.2 Å². The smallest absolute Gasteiger partial charge is 0.462 e. The van der Waals surface area contributed by atoms with Gasteiger partial charge in [-0.05, 0) is 50.5 Å². The lowest BCUT2D eigenvalue weighted by molar-refractivity contribution is -0.161. The number of hydrogen-bond acceptors (Lipinski definition) is 16. The summed E-state index contributed by atoms with van der Waals surface area (Å²) in [7, 11) is -10.9. The van der Waals surface area contributed by atoms with Crippen molar-refractivity contribution in [3.63, 3.8) is 0 Å². The second-order valence-electron chi connectivity index (χ2n) is 18.4. The van der Waals surface area contributed by atoms with Crippen LogP contribution in [0.5, 0.6) is 0 Å². The summed E-state index contributed by atoms with van der Waals surface area (Å²) in [5.74, 6) is -0.620. The van der Waals surface area contributed by atoms with E-state index in [2.05, 4.69) is 30.1 Å².